The van der Waals surface area contributed by atoms with Crippen molar-refractivity contribution in [1.29, 1.82) is 0 Å². The van der Waals surface area contributed by atoms with Crippen molar-refractivity contribution in [2.75, 3.05) is 26.8 Å². The van der Waals surface area contributed by atoms with Crippen LogP contribution in [0.25, 0.3) is 0 Å². The van der Waals surface area contributed by atoms with Crippen LogP contribution >= 0.6 is 0 Å². The zero-order valence-electron chi connectivity index (χ0n) is 10.7. The average Bonchev–Trinajstić information content (AvgIpc) is 2.19. The first kappa shape index (κ1) is 15.9. The van der Waals surface area contributed by atoms with Crippen molar-refractivity contribution in [3.05, 3.63) is 0 Å². The Morgan fingerprint density at radius 3 is 2.41 bits per heavy atom. The van der Waals surface area contributed by atoms with Crippen LogP contribution in [0, 0.1) is 0 Å². The number of carbonyl (C=O) groups excluding carboxylic acids is 1. The monoisotopic (exact) mass is 246 g/mol. The molecule has 0 spiro atoms. The Bertz CT molecular complexity index is 261. The van der Waals surface area contributed by atoms with E-state index >= 15 is 0 Å². The summed E-state index contributed by atoms with van der Waals surface area (Å²) in [5.74, 6) is -1.23. The van der Waals surface area contributed by atoms with Gasteiger partial charge in [-0.2, -0.15) is 0 Å². The first-order valence-electron chi connectivity index (χ1n) is 5.53. The summed E-state index contributed by atoms with van der Waals surface area (Å²) in [5.41, 5.74) is 5.35. The number of carboxylic acid groups (broad SMARTS) is 1. The van der Waals surface area contributed by atoms with E-state index in [0.29, 0.717) is 13.0 Å². The third-order valence-corrected chi connectivity index (χ3v) is 2.23. The van der Waals surface area contributed by atoms with Crippen LogP contribution in [0.4, 0.5) is 0 Å². The van der Waals surface area contributed by atoms with Gasteiger partial charge in [-0.15, -0.1) is 0 Å². The topological polar surface area (TPSA) is 92.9 Å². The first-order valence-corrected chi connectivity index (χ1v) is 5.53. The average molecular weight is 246 g/mol. The lowest BCUT2D eigenvalue weighted by Gasteiger charge is -2.23. The van der Waals surface area contributed by atoms with E-state index in [-0.39, 0.29) is 25.4 Å². The molecule has 0 atom stereocenters. The molecule has 0 aromatic carbocycles. The number of carbonyl (C=O) groups is 2. The molecule has 100 valence electrons. The van der Waals surface area contributed by atoms with Gasteiger partial charge in [-0.05, 0) is 20.3 Å². The first-order chi connectivity index (χ1) is 7.76. The Labute approximate surface area is 102 Å². The van der Waals surface area contributed by atoms with E-state index in [1.165, 1.54) is 12.0 Å². The number of rotatable bonds is 8. The van der Waals surface area contributed by atoms with Gasteiger partial charge in [0.25, 0.3) is 0 Å². The normalized spacial score (nSPS) is 11.3. The van der Waals surface area contributed by atoms with E-state index in [0.717, 1.165) is 0 Å². The van der Waals surface area contributed by atoms with E-state index in [1.54, 1.807) is 0 Å². The van der Waals surface area contributed by atoms with Crippen molar-refractivity contribution in [2.45, 2.75) is 32.2 Å². The van der Waals surface area contributed by atoms with Gasteiger partial charge < -0.3 is 20.5 Å². The van der Waals surface area contributed by atoms with E-state index < -0.39 is 11.5 Å². The summed E-state index contributed by atoms with van der Waals surface area (Å²) in [4.78, 5) is 23.7. The minimum absolute atomic E-state index is 0.206. The molecule has 0 unspecified atom stereocenters. The number of ether oxygens (including phenoxy) is 1. The summed E-state index contributed by atoms with van der Waals surface area (Å²) in [7, 11) is 1.51. The van der Waals surface area contributed by atoms with Crippen molar-refractivity contribution in [1.82, 2.24) is 4.90 Å². The maximum atomic E-state index is 11.8. The van der Waals surface area contributed by atoms with Gasteiger partial charge in [0.2, 0.25) is 5.91 Å². The van der Waals surface area contributed by atoms with Crippen molar-refractivity contribution < 1.29 is 19.4 Å². The maximum absolute atomic E-state index is 11.8. The molecule has 6 heteroatoms. The van der Waals surface area contributed by atoms with Crippen molar-refractivity contribution >= 4 is 11.9 Å². The Morgan fingerprint density at radius 1 is 1.41 bits per heavy atom. The number of hydrogen-bond acceptors (Lipinski definition) is 4. The SMILES string of the molecule is COCCN(CC(=O)O)C(=O)CCC(C)(C)N. The summed E-state index contributed by atoms with van der Waals surface area (Å²) in [6.07, 6.45) is 0.773. The van der Waals surface area contributed by atoms with Gasteiger partial charge >= 0.3 is 5.97 Å². The van der Waals surface area contributed by atoms with E-state index in [4.69, 9.17) is 15.6 Å². The fourth-order valence-electron chi connectivity index (χ4n) is 1.24. The van der Waals surface area contributed by atoms with Crippen LogP contribution in [-0.2, 0) is 14.3 Å². The molecule has 0 bridgehead atoms. The standard InChI is InChI=1S/C11H22N2O4/c1-11(2,12)5-4-9(14)13(6-7-17-3)8-10(15)16/h4-8,12H2,1-3H3,(H,15,16). The van der Waals surface area contributed by atoms with Crippen LogP contribution in [0.5, 0.6) is 0 Å². The largest absolute Gasteiger partial charge is 0.480 e. The number of aliphatic carboxylic acids is 1. The number of hydrogen-bond donors (Lipinski definition) is 2. The molecule has 6 nitrogen and oxygen atoms in total. The highest BCUT2D eigenvalue weighted by molar-refractivity contribution is 5.81. The van der Waals surface area contributed by atoms with E-state index in [2.05, 4.69) is 0 Å². The molecule has 3 N–H and O–H groups in total. The molecule has 0 radical (unpaired) electrons. The number of nitrogens with two attached hydrogens (primary N) is 1. The Morgan fingerprint density at radius 2 is 2.00 bits per heavy atom. The van der Waals surface area contributed by atoms with Crippen LogP contribution in [0.3, 0.4) is 0 Å². The second-order valence-electron chi connectivity index (χ2n) is 4.69. The Kier molecular flexibility index (Phi) is 6.75. The van der Waals surface area contributed by atoms with E-state index in [1.807, 2.05) is 13.8 Å². The van der Waals surface area contributed by atoms with Gasteiger partial charge in [0.15, 0.2) is 0 Å². The molecule has 0 rings (SSSR count). The fourth-order valence-corrected chi connectivity index (χ4v) is 1.24. The maximum Gasteiger partial charge on any atom is 0.323 e. The van der Waals surface area contributed by atoms with Gasteiger partial charge in [-0.3, -0.25) is 9.59 Å². The molecule has 0 heterocycles. The van der Waals surface area contributed by atoms with Gasteiger partial charge in [-0.1, -0.05) is 0 Å². The Hall–Kier alpha value is -1.14. The highest BCUT2D eigenvalue weighted by Crippen LogP contribution is 2.09. The third kappa shape index (κ3) is 8.65. The molecular formula is C11H22N2O4. The molecule has 0 saturated carbocycles. The molecule has 0 aliphatic heterocycles. The molecular weight excluding hydrogens is 224 g/mol. The smallest absolute Gasteiger partial charge is 0.323 e. The molecule has 0 aliphatic rings. The lowest BCUT2D eigenvalue weighted by Crippen LogP contribution is -2.40. The number of methoxy groups -OCH3 is 1. The van der Waals surface area contributed by atoms with Crippen molar-refractivity contribution in [3.8, 4) is 0 Å². The lowest BCUT2D eigenvalue weighted by molar-refractivity contribution is -0.145. The molecule has 0 aromatic heterocycles. The van der Waals surface area contributed by atoms with Gasteiger partial charge in [-0.25, -0.2) is 0 Å². The Balaban J connectivity index is 4.26. The number of carboxylic acids is 1. The van der Waals surface area contributed by atoms with Crippen LogP contribution in [0.15, 0.2) is 0 Å². The summed E-state index contributed by atoms with van der Waals surface area (Å²) in [5, 5.41) is 8.70. The molecule has 0 fully saturated rings. The van der Waals surface area contributed by atoms with Crippen LogP contribution in [0.2, 0.25) is 0 Å². The predicted octanol–water partition coefficient (Wildman–Crippen LogP) is 0.0635. The summed E-state index contributed by atoms with van der Waals surface area (Å²) >= 11 is 0. The van der Waals surface area contributed by atoms with Gasteiger partial charge in [0.05, 0.1) is 6.61 Å². The van der Waals surface area contributed by atoms with Crippen LogP contribution < -0.4 is 5.73 Å². The zero-order chi connectivity index (χ0) is 13.5. The van der Waals surface area contributed by atoms with Crippen molar-refractivity contribution in [2.24, 2.45) is 5.73 Å². The zero-order valence-corrected chi connectivity index (χ0v) is 10.7. The van der Waals surface area contributed by atoms with Gasteiger partial charge in [0, 0.05) is 25.6 Å². The second-order valence-corrected chi connectivity index (χ2v) is 4.69. The highest BCUT2D eigenvalue weighted by Gasteiger charge is 2.19. The van der Waals surface area contributed by atoms with Gasteiger partial charge in [0.1, 0.15) is 6.54 Å². The number of amides is 1. The van der Waals surface area contributed by atoms with Crippen LogP contribution in [-0.4, -0.2) is 54.2 Å². The molecule has 0 saturated heterocycles. The summed E-state index contributed by atoms with van der Waals surface area (Å²) in [6, 6.07) is 0. The summed E-state index contributed by atoms with van der Waals surface area (Å²) < 4.78 is 4.84. The molecule has 1 amide bonds. The molecule has 0 aromatic rings. The van der Waals surface area contributed by atoms with Crippen molar-refractivity contribution in [3.63, 3.8) is 0 Å². The summed E-state index contributed by atoms with van der Waals surface area (Å²) in [6.45, 7) is 3.97. The third-order valence-electron chi connectivity index (χ3n) is 2.23. The van der Waals surface area contributed by atoms with Crippen LogP contribution in [0.1, 0.15) is 26.7 Å². The second kappa shape index (κ2) is 7.24. The van der Waals surface area contributed by atoms with E-state index in [9.17, 15) is 9.59 Å². The minimum Gasteiger partial charge on any atom is -0.480 e. The quantitative estimate of drug-likeness (QED) is 0.632. The number of nitrogens with zero attached hydrogens (tertiary/aromatic N) is 1. The minimum atomic E-state index is -1.03. The lowest BCUT2D eigenvalue weighted by atomic mass is 10.00. The highest BCUT2D eigenvalue weighted by atomic mass is 16.5. The molecule has 17 heavy (non-hydrogen) atoms. The predicted molar refractivity (Wildman–Crippen MR) is 63.6 cm³/mol. The fraction of sp³-hybridized carbons (Fsp3) is 0.818. The molecule has 0 aliphatic carbocycles.